The van der Waals surface area contributed by atoms with Gasteiger partial charge in [-0.1, -0.05) is 49.7 Å². The minimum absolute atomic E-state index is 0.259. The van der Waals surface area contributed by atoms with E-state index in [1.807, 2.05) is 6.20 Å². The highest BCUT2D eigenvalue weighted by molar-refractivity contribution is 5.90. The lowest BCUT2D eigenvalue weighted by Gasteiger charge is -2.16. The zero-order valence-corrected chi connectivity index (χ0v) is 12.6. The molecule has 0 fully saturated rings. The van der Waals surface area contributed by atoms with Crippen LogP contribution in [0.15, 0.2) is 48.7 Å². The first kappa shape index (κ1) is 13.7. The molecular weight excluding hydrogens is 258 g/mol. The van der Waals surface area contributed by atoms with E-state index in [-0.39, 0.29) is 6.04 Å². The molecule has 21 heavy (non-hydrogen) atoms. The maximum absolute atomic E-state index is 4.11. The molecule has 1 atom stereocenters. The molecule has 1 heterocycles. The number of aryl methyl sites for hydroxylation is 1. The van der Waals surface area contributed by atoms with Gasteiger partial charge < -0.3 is 5.32 Å². The van der Waals surface area contributed by atoms with Crippen LogP contribution in [0.1, 0.15) is 37.4 Å². The Kier molecular flexibility index (Phi) is 3.91. The number of hydrogen-bond acceptors (Lipinski definition) is 2. The predicted molar refractivity (Wildman–Crippen MR) is 88.6 cm³/mol. The Morgan fingerprint density at radius 2 is 1.95 bits per heavy atom. The SMILES string of the molecule is CCCc1ccc(C(C)Nc2cccc3cn[nH]c23)cc1. The van der Waals surface area contributed by atoms with Gasteiger partial charge >= 0.3 is 0 Å². The lowest BCUT2D eigenvalue weighted by atomic mass is 10.0. The van der Waals surface area contributed by atoms with Crippen LogP contribution in [0.4, 0.5) is 5.69 Å². The Labute approximate surface area is 125 Å². The van der Waals surface area contributed by atoms with Crippen molar-refractivity contribution in [1.82, 2.24) is 10.2 Å². The Hall–Kier alpha value is -2.29. The summed E-state index contributed by atoms with van der Waals surface area (Å²) in [7, 11) is 0. The summed E-state index contributed by atoms with van der Waals surface area (Å²) in [4.78, 5) is 0. The molecule has 3 rings (SSSR count). The van der Waals surface area contributed by atoms with Gasteiger partial charge in [-0.3, -0.25) is 5.10 Å². The number of fused-ring (bicyclic) bond motifs is 1. The molecule has 0 saturated heterocycles. The van der Waals surface area contributed by atoms with Crippen molar-refractivity contribution < 1.29 is 0 Å². The number of hydrogen-bond donors (Lipinski definition) is 2. The number of para-hydroxylation sites is 1. The Balaban J connectivity index is 1.79. The maximum Gasteiger partial charge on any atom is 0.0881 e. The van der Waals surface area contributed by atoms with Crippen molar-refractivity contribution in [1.29, 1.82) is 0 Å². The van der Waals surface area contributed by atoms with E-state index in [1.165, 1.54) is 17.5 Å². The summed E-state index contributed by atoms with van der Waals surface area (Å²) in [5.74, 6) is 0. The molecule has 0 saturated carbocycles. The van der Waals surface area contributed by atoms with Crippen molar-refractivity contribution in [2.24, 2.45) is 0 Å². The molecule has 1 unspecified atom stereocenters. The van der Waals surface area contributed by atoms with Crippen LogP contribution in [0.3, 0.4) is 0 Å². The second-order valence-corrected chi connectivity index (χ2v) is 5.50. The molecule has 0 spiro atoms. The number of anilines is 1. The molecule has 3 nitrogen and oxygen atoms in total. The third kappa shape index (κ3) is 2.92. The van der Waals surface area contributed by atoms with Crippen LogP contribution in [-0.4, -0.2) is 10.2 Å². The summed E-state index contributed by atoms with van der Waals surface area (Å²) >= 11 is 0. The van der Waals surface area contributed by atoms with E-state index < -0.39 is 0 Å². The van der Waals surface area contributed by atoms with Gasteiger partial charge in [-0.15, -0.1) is 0 Å². The molecule has 0 aliphatic rings. The lowest BCUT2D eigenvalue weighted by Crippen LogP contribution is -2.07. The molecule has 0 aliphatic heterocycles. The minimum Gasteiger partial charge on any atom is -0.377 e. The third-order valence-corrected chi connectivity index (χ3v) is 3.87. The summed E-state index contributed by atoms with van der Waals surface area (Å²) < 4.78 is 0. The number of rotatable bonds is 5. The predicted octanol–water partition coefficient (Wildman–Crippen LogP) is 4.69. The van der Waals surface area contributed by atoms with Crippen molar-refractivity contribution in [2.75, 3.05) is 5.32 Å². The topological polar surface area (TPSA) is 40.7 Å². The Morgan fingerprint density at radius 3 is 2.71 bits per heavy atom. The van der Waals surface area contributed by atoms with Crippen molar-refractivity contribution >= 4 is 16.6 Å². The van der Waals surface area contributed by atoms with E-state index in [1.54, 1.807) is 0 Å². The third-order valence-electron chi connectivity index (χ3n) is 3.87. The standard InChI is InChI=1S/C18H21N3/c1-3-5-14-8-10-15(11-9-14)13(2)20-17-7-4-6-16-12-19-21-18(16)17/h4,6-13,20H,3,5H2,1-2H3,(H,19,21). The fourth-order valence-electron chi connectivity index (χ4n) is 2.67. The summed E-state index contributed by atoms with van der Waals surface area (Å²) in [6.07, 6.45) is 4.19. The molecule has 0 radical (unpaired) electrons. The van der Waals surface area contributed by atoms with E-state index in [0.29, 0.717) is 0 Å². The van der Waals surface area contributed by atoms with Crippen LogP contribution in [-0.2, 0) is 6.42 Å². The fourth-order valence-corrected chi connectivity index (χ4v) is 2.67. The minimum atomic E-state index is 0.259. The molecule has 3 aromatic rings. The first-order chi connectivity index (χ1) is 10.3. The molecule has 0 bridgehead atoms. The van der Waals surface area contributed by atoms with Crippen molar-refractivity contribution in [3.8, 4) is 0 Å². The molecular formula is C18H21N3. The quantitative estimate of drug-likeness (QED) is 0.711. The highest BCUT2D eigenvalue weighted by atomic mass is 15.1. The number of nitrogens with one attached hydrogen (secondary N) is 2. The zero-order chi connectivity index (χ0) is 14.7. The summed E-state index contributed by atoms with van der Waals surface area (Å²) in [5, 5.41) is 11.9. The number of benzene rings is 2. The van der Waals surface area contributed by atoms with Crippen molar-refractivity contribution in [3.05, 3.63) is 59.8 Å². The van der Waals surface area contributed by atoms with Crippen LogP contribution in [0.2, 0.25) is 0 Å². The van der Waals surface area contributed by atoms with Crippen LogP contribution in [0, 0.1) is 0 Å². The van der Waals surface area contributed by atoms with E-state index in [2.05, 4.69) is 71.8 Å². The van der Waals surface area contributed by atoms with Gasteiger partial charge in [-0.25, -0.2) is 0 Å². The molecule has 0 amide bonds. The first-order valence-corrected chi connectivity index (χ1v) is 7.55. The Bertz CT molecular complexity index is 713. The first-order valence-electron chi connectivity index (χ1n) is 7.55. The monoisotopic (exact) mass is 279 g/mol. The van der Waals surface area contributed by atoms with Crippen LogP contribution in [0.5, 0.6) is 0 Å². The normalized spacial score (nSPS) is 12.5. The van der Waals surface area contributed by atoms with Gasteiger partial charge in [0.05, 0.1) is 17.4 Å². The van der Waals surface area contributed by atoms with E-state index in [4.69, 9.17) is 0 Å². The Morgan fingerprint density at radius 1 is 1.14 bits per heavy atom. The van der Waals surface area contributed by atoms with Crippen LogP contribution < -0.4 is 5.32 Å². The van der Waals surface area contributed by atoms with Gasteiger partial charge in [0, 0.05) is 11.4 Å². The molecule has 2 N–H and O–H groups in total. The van der Waals surface area contributed by atoms with Gasteiger partial charge in [0.25, 0.3) is 0 Å². The van der Waals surface area contributed by atoms with Gasteiger partial charge in [0.2, 0.25) is 0 Å². The maximum atomic E-state index is 4.11. The van der Waals surface area contributed by atoms with Gasteiger partial charge in [-0.05, 0) is 30.5 Å². The van der Waals surface area contributed by atoms with Crippen LogP contribution in [0.25, 0.3) is 10.9 Å². The largest absolute Gasteiger partial charge is 0.377 e. The number of H-pyrrole nitrogens is 1. The molecule has 0 aliphatic carbocycles. The number of nitrogens with zero attached hydrogens (tertiary/aromatic N) is 1. The number of aromatic nitrogens is 2. The second kappa shape index (κ2) is 6.00. The van der Waals surface area contributed by atoms with Gasteiger partial charge in [-0.2, -0.15) is 5.10 Å². The summed E-state index contributed by atoms with van der Waals surface area (Å²) in [6.45, 7) is 4.40. The van der Waals surface area contributed by atoms with Crippen LogP contribution >= 0.6 is 0 Å². The molecule has 3 heteroatoms. The zero-order valence-electron chi connectivity index (χ0n) is 12.6. The smallest absolute Gasteiger partial charge is 0.0881 e. The summed E-state index contributed by atoms with van der Waals surface area (Å²) in [5.41, 5.74) is 4.86. The fraction of sp³-hybridized carbons (Fsp3) is 0.278. The van der Waals surface area contributed by atoms with E-state index in [0.717, 1.165) is 23.0 Å². The summed E-state index contributed by atoms with van der Waals surface area (Å²) in [6, 6.07) is 15.4. The number of aromatic amines is 1. The average Bonchev–Trinajstić information content (AvgIpc) is 2.98. The average molecular weight is 279 g/mol. The van der Waals surface area contributed by atoms with Gasteiger partial charge in [0.1, 0.15) is 0 Å². The molecule has 108 valence electrons. The van der Waals surface area contributed by atoms with Gasteiger partial charge in [0.15, 0.2) is 0 Å². The van der Waals surface area contributed by atoms with Crippen molar-refractivity contribution in [2.45, 2.75) is 32.7 Å². The molecule has 2 aromatic carbocycles. The second-order valence-electron chi connectivity index (χ2n) is 5.50. The van der Waals surface area contributed by atoms with E-state index in [9.17, 15) is 0 Å². The van der Waals surface area contributed by atoms with Crippen molar-refractivity contribution in [3.63, 3.8) is 0 Å². The highest BCUT2D eigenvalue weighted by Gasteiger charge is 2.08. The lowest BCUT2D eigenvalue weighted by molar-refractivity contribution is 0.877. The molecule has 1 aromatic heterocycles. The van der Waals surface area contributed by atoms with E-state index >= 15 is 0 Å². The highest BCUT2D eigenvalue weighted by Crippen LogP contribution is 2.25.